The van der Waals surface area contributed by atoms with Crippen LogP contribution in [0.2, 0.25) is 0 Å². The molecular weight excluding hydrogens is 423 g/mol. The molecule has 0 radical (unpaired) electrons. The molecule has 1 aromatic carbocycles. The highest BCUT2D eigenvalue weighted by molar-refractivity contribution is 14.0. The first-order valence-corrected chi connectivity index (χ1v) is 8.65. The molecule has 25 heavy (non-hydrogen) atoms. The van der Waals surface area contributed by atoms with E-state index in [-0.39, 0.29) is 29.4 Å². The third kappa shape index (κ3) is 7.94. The van der Waals surface area contributed by atoms with Crippen LogP contribution in [-0.2, 0) is 20.0 Å². The third-order valence-corrected chi connectivity index (χ3v) is 3.92. The van der Waals surface area contributed by atoms with Crippen molar-refractivity contribution in [1.82, 2.24) is 15.2 Å². The van der Waals surface area contributed by atoms with Crippen molar-refractivity contribution in [2.75, 3.05) is 13.1 Å². The number of nitrogens with one attached hydrogen (secondary N) is 2. The van der Waals surface area contributed by atoms with Gasteiger partial charge in [0.25, 0.3) is 0 Å². The van der Waals surface area contributed by atoms with Gasteiger partial charge in [0.2, 0.25) is 0 Å². The molecule has 0 atom stereocenters. The molecule has 138 valence electrons. The second-order valence-corrected chi connectivity index (χ2v) is 7.06. The Morgan fingerprint density at radius 1 is 1.08 bits per heavy atom. The van der Waals surface area contributed by atoms with Gasteiger partial charge in [0.15, 0.2) is 5.96 Å². The van der Waals surface area contributed by atoms with Crippen molar-refractivity contribution in [2.45, 2.75) is 33.7 Å². The van der Waals surface area contributed by atoms with Crippen molar-refractivity contribution in [3.05, 3.63) is 59.9 Å². The summed E-state index contributed by atoms with van der Waals surface area (Å²) in [4.78, 5) is 4.69. The highest BCUT2D eigenvalue weighted by Gasteiger charge is 2.19. The van der Waals surface area contributed by atoms with Crippen LogP contribution in [-0.4, -0.2) is 23.6 Å². The fourth-order valence-corrected chi connectivity index (χ4v) is 2.70. The zero-order chi connectivity index (χ0) is 17.4. The molecule has 2 N–H and O–H groups in total. The molecule has 0 aliphatic rings. The van der Waals surface area contributed by atoms with Crippen LogP contribution < -0.4 is 10.6 Å². The fraction of sp³-hybridized carbons (Fsp3) is 0.450. The molecule has 1 heterocycles. The average molecular weight is 454 g/mol. The SMILES string of the molecule is CCNC(=NCc1ccn(C)c1)NCC(C)(C)Cc1ccccc1.I. The van der Waals surface area contributed by atoms with Gasteiger partial charge in [0.05, 0.1) is 6.54 Å². The van der Waals surface area contributed by atoms with E-state index in [0.29, 0.717) is 6.54 Å². The van der Waals surface area contributed by atoms with Crippen molar-refractivity contribution < 1.29 is 0 Å². The largest absolute Gasteiger partial charge is 0.357 e. The molecular formula is C20H31IN4. The summed E-state index contributed by atoms with van der Waals surface area (Å²) in [7, 11) is 2.03. The Bertz CT molecular complexity index is 647. The molecule has 0 unspecified atom stereocenters. The van der Waals surface area contributed by atoms with Crippen molar-refractivity contribution in [2.24, 2.45) is 17.5 Å². The van der Waals surface area contributed by atoms with Crippen LogP contribution >= 0.6 is 24.0 Å². The molecule has 2 rings (SSSR count). The number of rotatable bonds is 7. The second kappa shape index (κ2) is 10.5. The van der Waals surface area contributed by atoms with E-state index < -0.39 is 0 Å². The lowest BCUT2D eigenvalue weighted by Gasteiger charge is -2.26. The van der Waals surface area contributed by atoms with E-state index in [0.717, 1.165) is 25.5 Å². The summed E-state index contributed by atoms with van der Waals surface area (Å²) < 4.78 is 2.05. The molecule has 0 spiro atoms. The van der Waals surface area contributed by atoms with Crippen LogP contribution in [0, 0.1) is 5.41 Å². The van der Waals surface area contributed by atoms with E-state index in [1.165, 1.54) is 11.1 Å². The average Bonchev–Trinajstić information content (AvgIpc) is 2.96. The van der Waals surface area contributed by atoms with Gasteiger partial charge in [0.1, 0.15) is 0 Å². The van der Waals surface area contributed by atoms with E-state index in [4.69, 9.17) is 0 Å². The van der Waals surface area contributed by atoms with Gasteiger partial charge in [-0.25, -0.2) is 4.99 Å². The first kappa shape index (κ1) is 21.5. The third-order valence-electron chi connectivity index (χ3n) is 3.92. The number of aromatic nitrogens is 1. The number of nitrogens with zero attached hydrogens (tertiary/aromatic N) is 2. The van der Waals surface area contributed by atoms with E-state index in [2.05, 4.69) is 79.0 Å². The van der Waals surface area contributed by atoms with Gasteiger partial charge in [-0.2, -0.15) is 0 Å². The summed E-state index contributed by atoms with van der Waals surface area (Å²) in [5.74, 6) is 0.877. The minimum atomic E-state index is 0. The van der Waals surface area contributed by atoms with Gasteiger partial charge < -0.3 is 15.2 Å². The number of guanidine groups is 1. The zero-order valence-corrected chi connectivity index (χ0v) is 18.1. The molecule has 0 aliphatic carbocycles. The molecule has 0 bridgehead atoms. The molecule has 0 amide bonds. The van der Waals surface area contributed by atoms with Crippen LogP contribution in [0.1, 0.15) is 31.9 Å². The number of halogens is 1. The van der Waals surface area contributed by atoms with Gasteiger partial charge in [-0.3, -0.25) is 0 Å². The minimum Gasteiger partial charge on any atom is -0.357 e. The Labute approximate surface area is 169 Å². The molecule has 0 saturated heterocycles. The highest BCUT2D eigenvalue weighted by atomic mass is 127. The Kier molecular flexibility index (Phi) is 9.03. The van der Waals surface area contributed by atoms with Crippen LogP contribution in [0.4, 0.5) is 0 Å². The summed E-state index contributed by atoms with van der Waals surface area (Å²) in [6, 6.07) is 12.8. The Balaban J connectivity index is 0.00000312. The van der Waals surface area contributed by atoms with Crippen LogP contribution in [0.25, 0.3) is 0 Å². The lowest BCUT2D eigenvalue weighted by molar-refractivity contribution is 0.359. The maximum atomic E-state index is 4.69. The summed E-state index contributed by atoms with van der Waals surface area (Å²) >= 11 is 0. The predicted molar refractivity (Wildman–Crippen MR) is 118 cm³/mol. The zero-order valence-electron chi connectivity index (χ0n) is 15.7. The maximum Gasteiger partial charge on any atom is 0.191 e. The number of aliphatic imine (C=N–C) groups is 1. The normalized spacial score (nSPS) is 11.8. The standard InChI is InChI=1S/C20H30N4.HI/c1-5-21-19(22-14-18-11-12-24(4)15-18)23-16-20(2,3)13-17-9-7-6-8-10-17;/h6-12,15H,5,13-14,16H2,1-4H3,(H2,21,22,23);1H. The van der Waals surface area contributed by atoms with Crippen molar-refractivity contribution in [3.63, 3.8) is 0 Å². The molecule has 0 saturated carbocycles. The molecule has 2 aromatic rings. The maximum absolute atomic E-state index is 4.69. The molecule has 0 aliphatic heterocycles. The predicted octanol–water partition coefficient (Wildman–Crippen LogP) is 3.97. The monoisotopic (exact) mass is 454 g/mol. The number of hydrogen-bond acceptors (Lipinski definition) is 1. The lowest BCUT2D eigenvalue weighted by atomic mass is 9.86. The van der Waals surface area contributed by atoms with E-state index in [1.54, 1.807) is 0 Å². The Morgan fingerprint density at radius 2 is 1.80 bits per heavy atom. The van der Waals surface area contributed by atoms with Crippen molar-refractivity contribution in [3.8, 4) is 0 Å². The first-order valence-electron chi connectivity index (χ1n) is 8.65. The van der Waals surface area contributed by atoms with E-state index in [1.807, 2.05) is 17.8 Å². The van der Waals surface area contributed by atoms with Gasteiger partial charge in [-0.1, -0.05) is 44.2 Å². The lowest BCUT2D eigenvalue weighted by Crippen LogP contribution is -2.42. The highest BCUT2D eigenvalue weighted by Crippen LogP contribution is 2.20. The van der Waals surface area contributed by atoms with Gasteiger partial charge in [0, 0.05) is 32.5 Å². The minimum absolute atomic E-state index is 0. The molecule has 4 nitrogen and oxygen atoms in total. The van der Waals surface area contributed by atoms with E-state index in [9.17, 15) is 0 Å². The summed E-state index contributed by atoms with van der Waals surface area (Å²) in [5, 5.41) is 6.82. The number of hydrogen-bond donors (Lipinski definition) is 2. The Hall–Kier alpha value is -1.50. The first-order chi connectivity index (χ1) is 11.5. The molecule has 0 fully saturated rings. The smallest absolute Gasteiger partial charge is 0.191 e. The fourth-order valence-electron chi connectivity index (χ4n) is 2.70. The van der Waals surface area contributed by atoms with Crippen LogP contribution in [0.3, 0.4) is 0 Å². The second-order valence-electron chi connectivity index (χ2n) is 7.06. The van der Waals surface area contributed by atoms with Gasteiger partial charge >= 0.3 is 0 Å². The van der Waals surface area contributed by atoms with Gasteiger partial charge in [-0.15, -0.1) is 24.0 Å². The number of benzene rings is 1. The van der Waals surface area contributed by atoms with Gasteiger partial charge in [-0.05, 0) is 36.0 Å². The van der Waals surface area contributed by atoms with E-state index >= 15 is 0 Å². The molecule has 1 aromatic heterocycles. The number of aryl methyl sites for hydroxylation is 1. The summed E-state index contributed by atoms with van der Waals surface area (Å²) in [6.07, 6.45) is 5.19. The van der Waals surface area contributed by atoms with Crippen molar-refractivity contribution >= 4 is 29.9 Å². The topological polar surface area (TPSA) is 41.4 Å². The van der Waals surface area contributed by atoms with Crippen LogP contribution in [0.5, 0.6) is 0 Å². The molecule has 5 heteroatoms. The Morgan fingerprint density at radius 3 is 2.40 bits per heavy atom. The van der Waals surface area contributed by atoms with Crippen molar-refractivity contribution in [1.29, 1.82) is 0 Å². The van der Waals surface area contributed by atoms with Crippen LogP contribution in [0.15, 0.2) is 53.8 Å². The quantitative estimate of drug-likeness (QED) is 0.378. The summed E-state index contributed by atoms with van der Waals surface area (Å²) in [5.41, 5.74) is 2.75. The summed E-state index contributed by atoms with van der Waals surface area (Å²) in [6.45, 7) is 9.09.